The number of hydrogen-bond donors (Lipinski definition) is 2. The first-order valence-corrected chi connectivity index (χ1v) is 10.8. The third kappa shape index (κ3) is 4.29. The summed E-state index contributed by atoms with van der Waals surface area (Å²) in [6.07, 6.45) is 0.953. The second-order valence-electron chi connectivity index (χ2n) is 6.79. The highest BCUT2D eigenvalue weighted by Crippen LogP contribution is 2.31. The molecule has 9 nitrogen and oxygen atoms in total. The zero-order valence-corrected chi connectivity index (χ0v) is 17.7. The van der Waals surface area contributed by atoms with Crippen molar-refractivity contribution in [2.75, 3.05) is 17.2 Å². The molecule has 0 spiro atoms. The van der Waals surface area contributed by atoms with E-state index in [2.05, 4.69) is 15.8 Å². The first-order valence-electron chi connectivity index (χ1n) is 8.94. The van der Waals surface area contributed by atoms with Gasteiger partial charge in [0.15, 0.2) is 5.76 Å². The molecule has 1 aromatic heterocycles. The highest BCUT2D eigenvalue weighted by Gasteiger charge is 2.41. The smallest absolute Gasteiger partial charge is 0.249 e. The van der Waals surface area contributed by atoms with Crippen LogP contribution in [0.5, 0.6) is 0 Å². The van der Waals surface area contributed by atoms with Gasteiger partial charge in [-0.1, -0.05) is 16.8 Å². The van der Waals surface area contributed by atoms with Gasteiger partial charge in [0.1, 0.15) is 16.6 Å². The van der Waals surface area contributed by atoms with Crippen LogP contribution >= 0.6 is 11.6 Å². The Labute approximate surface area is 173 Å². The zero-order valence-electron chi connectivity index (χ0n) is 16.2. The van der Waals surface area contributed by atoms with Crippen molar-refractivity contribution in [1.82, 2.24) is 9.46 Å². The Hall–Kier alpha value is -2.43. The predicted molar refractivity (Wildman–Crippen MR) is 107 cm³/mol. The Bertz CT molecular complexity index is 1050. The quantitative estimate of drug-likeness (QED) is 0.737. The Morgan fingerprint density at radius 1 is 1.28 bits per heavy atom. The Morgan fingerprint density at radius 3 is 2.59 bits per heavy atom. The number of rotatable bonds is 5. The minimum absolute atomic E-state index is 0.0000884. The molecule has 29 heavy (non-hydrogen) atoms. The summed E-state index contributed by atoms with van der Waals surface area (Å²) in [5.41, 5.74) is 1.07. The second-order valence-corrected chi connectivity index (χ2v) is 9.03. The summed E-state index contributed by atoms with van der Waals surface area (Å²) >= 11 is 6.13. The molecule has 3 rings (SSSR count). The van der Waals surface area contributed by atoms with E-state index in [9.17, 15) is 18.0 Å². The van der Waals surface area contributed by atoms with Crippen LogP contribution in [0.3, 0.4) is 0 Å². The van der Waals surface area contributed by atoms with Crippen molar-refractivity contribution in [1.29, 1.82) is 0 Å². The molecule has 1 atom stereocenters. The van der Waals surface area contributed by atoms with E-state index >= 15 is 0 Å². The minimum atomic E-state index is -3.93. The van der Waals surface area contributed by atoms with Crippen LogP contribution in [0.2, 0.25) is 5.02 Å². The van der Waals surface area contributed by atoms with Gasteiger partial charge in [-0.2, -0.15) is 4.31 Å². The lowest BCUT2D eigenvalue weighted by atomic mass is 10.2. The van der Waals surface area contributed by atoms with E-state index in [-0.39, 0.29) is 33.8 Å². The number of nitrogens with one attached hydrogen (secondary N) is 2. The number of amides is 2. The van der Waals surface area contributed by atoms with Gasteiger partial charge >= 0.3 is 0 Å². The summed E-state index contributed by atoms with van der Waals surface area (Å²) in [7, 11) is -3.93. The van der Waals surface area contributed by atoms with Gasteiger partial charge in [-0.05, 0) is 44.9 Å². The number of sulfonamides is 1. The maximum atomic E-state index is 13.1. The minimum Gasteiger partial charge on any atom is -0.360 e. The van der Waals surface area contributed by atoms with Gasteiger partial charge in [-0.3, -0.25) is 9.59 Å². The third-order valence-corrected chi connectivity index (χ3v) is 7.05. The molecule has 1 aliphatic heterocycles. The summed E-state index contributed by atoms with van der Waals surface area (Å²) in [5, 5.41) is 9.23. The molecule has 0 saturated carbocycles. The number of benzene rings is 1. The Kier molecular flexibility index (Phi) is 5.97. The number of hydrogen-bond acceptors (Lipinski definition) is 6. The van der Waals surface area contributed by atoms with E-state index < -0.39 is 22.0 Å². The van der Waals surface area contributed by atoms with Crippen LogP contribution < -0.4 is 10.6 Å². The number of carbonyl (C=O) groups is 2. The van der Waals surface area contributed by atoms with Gasteiger partial charge in [0, 0.05) is 19.2 Å². The van der Waals surface area contributed by atoms with Crippen molar-refractivity contribution < 1.29 is 22.5 Å². The monoisotopic (exact) mass is 440 g/mol. The lowest BCUT2D eigenvalue weighted by Crippen LogP contribution is -2.43. The van der Waals surface area contributed by atoms with Gasteiger partial charge in [-0.15, -0.1) is 0 Å². The van der Waals surface area contributed by atoms with Crippen LogP contribution in [0.1, 0.15) is 31.2 Å². The largest absolute Gasteiger partial charge is 0.360 e. The fraction of sp³-hybridized carbons (Fsp3) is 0.389. The standard InChI is InChI=1S/C18H21ClN4O5S/c1-10-17(11(2)28-22-10)29(26,27)23-8-4-5-16(23)18(25)21-13-6-7-15(14(19)9-13)20-12(3)24/h6-7,9,16H,4-5,8H2,1-3H3,(H,20,24)(H,21,25)/t16-/m0/s1. The molecule has 0 unspecified atom stereocenters. The molecule has 1 aliphatic rings. The van der Waals surface area contributed by atoms with Crippen molar-refractivity contribution >= 4 is 44.8 Å². The van der Waals surface area contributed by atoms with E-state index in [1.807, 2.05) is 0 Å². The lowest BCUT2D eigenvalue weighted by Gasteiger charge is -2.23. The molecule has 2 N–H and O–H groups in total. The van der Waals surface area contributed by atoms with Crippen molar-refractivity contribution in [2.45, 2.75) is 44.6 Å². The van der Waals surface area contributed by atoms with Crippen LogP contribution in [-0.2, 0) is 19.6 Å². The van der Waals surface area contributed by atoms with Gasteiger partial charge in [0.2, 0.25) is 21.8 Å². The molecule has 1 fully saturated rings. The Morgan fingerprint density at radius 2 is 2.00 bits per heavy atom. The summed E-state index contributed by atoms with van der Waals surface area (Å²) in [6, 6.07) is 3.78. The van der Waals surface area contributed by atoms with Crippen molar-refractivity contribution in [3.8, 4) is 0 Å². The molecule has 2 amide bonds. The van der Waals surface area contributed by atoms with Gasteiger partial charge in [0.25, 0.3) is 0 Å². The van der Waals surface area contributed by atoms with Crippen molar-refractivity contribution in [3.05, 3.63) is 34.7 Å². The van der Waals surface area contributed by atoms with E-state index in [0.717, 1.165) is 0 Å². The van der Waals surface area contributed by atoms with E-state index in [0.29, 0.717) is 24.2 Å². The molecule has 0 radical (unpaired) electrons. The predicted octanol–water partition coefficient (Wildman–Crippen LogP) is 2.70. The fourth-order valence-electron chi connectivity index (χ4n) is 3.36. The number of nitrogens with zero attached hydrogens (tertiary/aromatic N) is 2. The van der Waals surface area contributed by atoms with Crippen LogP contribution in [0, 0.1) is 13.8 Å². The second kappa shape index (κ2) is 8.13. The number of carbonyl (C=O) groups excluding carboxylic acids is 2. The molecule has 2 heterocycles. The van der Waals surface area contributed by atoms with Crippen LogP contribution in [0.4, 0.5) is 11.4 Å². The molecule has 156 valence electrons. The SMILES string of the molecule is CC(=O)Nc1ccc(NC(=O)[C@@H]2CCCN2S(=O)(=O)c2c(C)noc2C)cc1Cl. The highest BCUT2D eigenvalue weighted by molar-refractivity contribution is 7.89. The molecular formula is C18H21ClN4O5S. The highest BCUT2D eigenvalue weighted by atomic mass is 35.5. The summed E-state index contributed by atoms with van der Waals surface area (Å²) in [5.74, 6) is -0.537. The van der Waals surface area contributed by atoms with E-state index in [1.165, 1.54) is 24.2 Å². The molecule has 11 heteroatoms. The Balaban J connectivity index is 1.80. The average Bonchev–Trinajstić information content (AvgIpc) is 3.24. The van der Waals surface area contributed by atoms with Crippen LogP contribution in [0.25, 0.3) is 0 Å². The van der Waals surface area contributed by atoms with Crippen LogP contribution in [0.15, 0.2) is 27.6 Å². The average molecular weight is 441 g/mol. The lowest BCUT2D eigenvalue weighted by molar-refractivity contribution is -0.119. The molecule has 1 aromatic carbocycles. The molecule has 0 aliphatic carbocycles. The number of aromatic nitrogens is 1. The van der Waals surface area contributed by atoms with Gasteiger partial charge < -0.3 is 15.2 Å². The number of aryl methyl sites for hydroxylation is 2. The molecule has 0 bridgehead atoms. The van der Waals surface area contributed by atoms with E-state index in [4.69, 9.17) is 16.1 Å². The third-order valence-electron chi connectivity index (χ3n) is 4.59. The first-order chi connectivity index (χ1) is 13.6. The number of halogens is 1. The molecule has 1 saturated heterocycles. The zero-order chi connectivity index (χ0) is 21.3. The first kappa shape index (κ1) is 21.3. The normalized spacial score (nSPS) is 17.3. The maximum Gasteiger partial charge on any atom is 0.249 e. The topological polar surface area (TPSA) is 122 Å². The fourth-order valence-corrected chi connectivity index (χ4v) is 5.54. The summed E-state index contributed by atoms with van der Waals surface area (Å²) in [4.78, 5) is 24.0. The number of anilines is 2. The van der Waals surface area contributed by atoms with E-state index in [1.54, 1.807) is 19.1 Å². The molecular weight excluding hydrogens is 420 g/mol. The van der Waals surface area contributed by atoms with Crippen LogP contribution in [-0.4, -0.2) is 42.3 Å². The molecule has 2 aromatic rings. The maximum absolute atomic E-state index is 13.1. The summed E-state index contributed by atoms with van der Waals surface area (Å²) in [6.45, 7) is 4.66. The van der Waals surface area contributed by atoms with Gasteiger partial charge in [0.05, 0.1) is 10.7 Å². The summed E-state index contributed by atoms with van der Waals surface area (Å²) < 4.78 is 32.3. The van der Waals surface area contributed by atoms with Gasteiger partial charge in [-0.25, -0.2) is 8.42 Å². The van der Waals surface area contributed by atoms with Crippen molar-refractivity contribution in [3.63, 3.8) is 0 Å². The van der Waals surface area contributed by atoms with Crippen molar-refractivity contribution in [2.24, 2.45) is 0 Å².